The Hall–Kier alpha value is -2.88. The van der Waals surface area contributed by atoms with Crippen molar-refractivity contribution in [1.82, 2.24) is 19.7 Å². The van der Waals surface area contributed by atoms with E-state index in [-0.39, 0.29) is 11.9 Å². The maximum atomic E-state index is 13.0. The van der Waals surface area contributed by atoms with Crippen LogP contribution in [0, 0.1) is 0 Å². The van der Waals surface area contributed by atoms with Crippen LogP contribution in [0.2, 0.25) is 5.15 Å². The van der Waals surface area contributed by atoms with Crippen molar-refractivity contribution in [3.63, 3.8) is 0 Å². The van der Waals surface area contributed by atoms with Gasteiger partial charge in [-0.25, -0.2) is 14.6 Å². The Kier molecular flexibility index (Phi) is 5.40. The molecule has 0 aliphatic heterocycles. The van der Waals surface area contributed by atoms with E-state index in [1.54, 1.807) is 19.1 Å². The van der Waals surface area contributed by atoms with Crippen molar-refractivity contribution >= 4 is 23.4 Å². The van der Waals surface area contributed by atoms with Crippen LogP contribution in [0.3, 0.4) is 0 Å². The van der Waals surface area contributed by atoms with Crippen LogP contribution in [0.1, 0.15) is 23.6 Å². The van der Waals surface area contributed by atoms with Gasteiger partial charge in [0.2, 0.25) is 0 Å². The number of alkyl halides is 6. The Labute approximate surface area is 165 Å². The molecule has 1 aromatic carbocycles. The number of hydrogen-bond acceptors (Lipinski definition) is 3. The summed E-state index contributed by atoms with van der Waals surface area (Å²) in [5, 5.41) is 4.26. The summed E-state index contributed by atoms with van der Waals surface area (Å²) in [5.41, 5.74) is -1.89. The van der Waals surface area contributed by atoms with Gasteiger partial charge in [-0.3, -0.25) is 0 Å². The molecule has 0 aliphatic carbocycles. The number of benzene rings is 1. The fourth-order valence-electron chi connectivity index (χ4n) is 2.44. The topological polar surface area (TPSA) is 43.6 Å². The molecule has 11 heteroatoms. The van der Waals surface area contributed by atoms with E-state index in [9.17, 15) is 26.3 Å². The Bertz CT molecular complexity index is 1020. The normalized spacial score (nSPS) is 13.0. The molecule has 0 saturated carbocycles. The minimum atomic E-state index is -4.95. The molecule has 3 aromatic rings. The molecule has 0 N–H and O–H groups in total. The Morgan fingerprint density at radius 3 is 2.10 bits per heavy atom. The maximum absolute atomic E-state index is 13.0. The molecule has 0 bridgehead atoms. The quantitative estimate of drug-likeness (QED) is 0.374. The summed E-state index contributed by atoms with van der Waals surface area (Å²) in [6.45, 7) is 1.72. The average molecular weight is 433 g/mol. The van der Waals surface area contributed by atoms with Crippen LogP contribution in [0.5, 0.6) is 0 Å². The van der Waals surface area contributed by atoms with Crippen LogP contribution >= 0.6 is 11.6 Å². The predicted octanol–water partition coefficient (Wildman–Crippen LogP) is 6.05. The molecule has 2 heterocycles. The number of aromatic nitrogens is 4. The van der Waals surface area contributed by atoms with Crippen LogP contribution < -0.4 is 0 Å². The summed E-state index contributed by atoms with van der Waals surface area (Å²) in [4.78, 5) is 7.76. The second kappa shape index (κ2) is 7.51. The van der Waals surface area contributed by atoms with E-state index in [4.69, 9.17) is 11.6 Å². The number of pyridine rings is 1. The monoisotopic (exact) mass is 432 g/mol. The lowest BCUT2D eigenvalue weighted by Crippen LogP contribution is -2.11. The van der Waals surface area contributed by atoms with Crippen LogP contribution in [0.15, 0.2) is 42.9 Å². The van der Waals surface area contributed by atoms with Crippen molar-refractivity contribution in [3.8, 4) is 11.4 Å². The molecule has 29 heavy (non-hydrogen) atoms. The van der Waals surface area contributed by atoms with E-state index >= 15 is 0 Å². The highest BCUT2D eigenvalue weighted by Gasteiger charge is 2.37. The van der Waals surface area contributed by atoms with Gasteiger partial charge in [-0.1, -0.05) is 17.7 Å². The number of halogens is 7. The third-order valence-electron chi connectivity index (χ3n) is 3.86. The molecule has 3 rings (SSSR count). The Balaban J connectivity index is 1.99. The van der Waals surface area contributed by atoms with Gasteiger partial charge in [-0.05, 0) is 42.3 Å². The molecule has 0 spiro atoms. The molecule has 0 unspecified atom stereocenters. The Morgan fingerprint density at radius 2 is 1.59 bits per heavy atom. The number of allylic oxidation sites excluding steroid dienone is 1. The van der Waals surface area contributed by atoms with Gasteiger partial charge in [-0.2, -0.15) is 26.3 Å². The fourth-order valence-corrected chi connectivity index (χ4v) is 2.55. The van der Waals surface area contributed by atoms with E-state index in [2.05, 4.69) is 15.1 Å². The number of nitrogens with zero attached hydrogens (tertiary/aromatic N) is 4. The van der Waals surface area contributed by atoms with Crippen molar-refractivity contribution < 1.29 is 26.3 Å². The van der Waals surface area contributed by atoms with Crippen LogP contribution in [-0.2, 0) is 12.4 Å². The molecule has 0 saturated heterocycles. The largest absolute Gasteiger partial charge is 0.416 e. The SMILES string of the molecule is C/C(=C\n1cnc(-c2cc(C(F)(F)F)cc(C(F)(F)F)c2)n1)c1ccc(Cl)nc1. The number of hydrogen-bond donors (Lipinski definition) is 0. The van der Waals surface area contributed by atoms with Crippen molar-refractivity contribution in [2.75, 3.05) is 0 Å². The van der Waals surface area contributed by atoms with Crippen molar-refractivity contribution in [2.24, 2.45) is 0 Å². The Morgan fingerprint density at radius 1 is 0.966 bits per heavy atom. The van der Waals surface area contributed by atoms with Gasteiger partial charge in [-0.15, -0.1) is 5.10 Å². The minimum Gasteiger partial charge on any atom is -0.244 e. The van der Waals surface area contributed by atoms with Crippen LogP contribution in [-0.4, -0.2) is 19.7 Å². The highest BCUT2D eigenvalue weighted by atomic mass is 35.5. The van der Waals surface area contributed by atoms with Gasteiger partial charge < -0.3 is 0 Å². The lowest BCUT2D eigenvalue weighted by atomic mass is 10.0. The van der Waals surface area contributed by atoms with E-state index in [1.807, 2.05) is 0 Å². The fraction of sp³-hybridized carbons (Fsp3) is 0.167. The van der Waals surface area contributed by atoms with Crippen LogP contribution in [0.4, 0.5) is 26.3 Å². The molecule has 2 aromatic heterocycles. The van der Waals surface area contributed by atoms with E-state index in [0.717, 1.165) is 0 Å². The second-order valence-corrected chi connectivity index (χ2v) is 6.41. The van der Waals surface area contributed by atoms with E-state index in [0.29, 0.717) is 28.4 Å². The molecule has 0 atom stereocenters. The highest BCUT2D eigenvalue weighted by Crippen LogP contribution is 2.38. The lowest BCUT2D eigenvalue weighted by Gasteiger charge is -2.13. The summed E-state index contributed by atoms with van der Waals surface area (Å²) in [5.74, 6) is -0.278. The maximum Gasteiger partial charge on any atom is 0.416 e. The summed E-state index contributed by atoms with van der Waals surface area (Å²) >= 11 is 5.72. The first-order valence-corrected chi connectivity index (χ1v) is 8.32. The van der Waals surface area contributed by atoms with Crippen molar-refractivity contribution in [1.29, 1.82) is 0 Å². The zero-order chi connectivity index (χ0) is 21.4. The summed E-state index contributed by atoms with van der Waals surface area (Å²) < 4.78 is 79.2. The van der Waals surface area contributed by atoms with Crippen LogP contribution in [0.25, 0.3) is 23.2 Å². The lowest BCUT2D eigenvalue weighted by molar-refractivity contribution is -0.143. The molecular weight excluding hydrogens is 422 g/mol. The molecule has 0 radical (unpaired) electrons. The van der Waals surface area contributed by atoms with Gasteiger partial charge >= 0.3 is 12.4 Å². The molecular formula is C18H11ClF6N4. The first-order valence-electron chi connectivity index (χ1n) is 7.95. The zero-order valence-corrected chi connectivity index (χ0v) is 15.3. The molecule has 4 nitrogen and oxygen atoms in total. The first kappa shape index (κ1) is 20.8. The van der Waals surface area contributed by atoms with E-state index in [1.165, 1.54) is 23.4 Å². The molecule has 0 fully saturated rings. The van der Waals surface area contributed by atoms with Gasteiger partial charge in [0, 0.05) is 18.0 Å². The average Bonchev–Trinajstić information content (AvgIpc) is 3.09. The highest BCUT2D eigenvalue weighted by molar-refractivity contribution is 6.29. The zero-order valence-electron chi connectivity index (χ0n) is 14.6. The smallest absolute Gasteiger partial charge is 0.244 e. The molecule has 0 amide bonds. The summed E-state index contributed by atoms with van der Waals surface area (Å²) in [6, 6.07) is 4.48. The van der Waals surface area contributed by atoms with E-state index < -0.39 is 29.0 Å². The van der Waals surface area contributed by atoms with Crippen molar-refractivity contribution in [3.05, 3.63) is 64.7 Å². The van der Waals surface area contributed by atoms with Gasteiger partial charge in [0.05, 0.1) is 11.1 Å². The first-order chi connectivity index (χ1) is 13.4. The molecule has 0 aliphatic rings. The third-order valence-corrected chi connectivity index (χ3v) is 4.09. The van der Waals surface area contributed by atoms with Crippen molar-refractivity contribution in [2.45, 2.75) is 19.3 Å². The van der Waals surface area contributed by atoms with Gasteiger partial charge in [0.15, 0.2) is 5.82 Å². The van der Waals surface area contributed by atoms with Gasteiger partial charge in [0.1, 0.15) is 11.5 Å². The second-order valence-electron chi connectivity index (χ2n) is 6.02. The number of rotatable bonds is 3. The third kappa shape index (κ3) is 4.94. The summed E-state index contributed by atoms with van der Waals surface area (Å²) in [7, 11) is 0. The predicted molar refractivity (Wildman–Crippen MR) is 94.5 cm³/mol. The standard InChI is InChI=1S/C18H11ClF6N4/c1-10(11-2-3-15(19)26-7-11)8-29-9-27-16(28-29)12-4-13(17(20,21)22)6-14(5-12)18(23,24)25/h2-9H,1H3/b10-8+. The summed E-state index contributed by atoms with van der Waals surface area (Å²) in [6.07, 6.45) is -5.71. The van der Waals surface area contributed by atoms with Gasteiger partial charge in [0.25, 0.3) is 0 Å². The molecule has 152 valence electrons. The minimum absolute atomic E-state index is 0.0536.